The first-order valence-electron chi connectivity index (χ1n) is 15.2. The molecule has 4 aromatic rings. The summed E-state index contributed by atoms with van der Waals surface area (Å²) in [5.41, 5.74) is 4.44. The van der Waals surface area contributed by atoms with Crippen LogP contribution in [-0.2, 0) is 30.6 Å². The third kappa shape index (κ3) is 7.52. The Morgan fingerprint density at radius 2 is 1.98 bits per heavy atom. The van der Waals surface area contributed by atoms with E-state index in [2.05, 4.69) is 20.0 Å². The minimum Gasteiger partial charge on any atom is -0.464 e. The van der Waals surface area contributed by atoms with Crippen molar-refractivity contribution in [3.05, 3.63) is 48.8 Å². The number of esters is 1. The number of hydrogen-bond acceptors (Lipinski definition) is 12. The zero-order valence-electron chi connectivity index (χ0n) is 27.5. The molecule has 1 aliphatic rings. The van der Waals surface area contributed by atoms with E-state index in [4.69, 9.17) is 47.7 Å². The summed E-state index contributed by atoms with van der Waals surface area (Å²) in [5, 5.41) is 15.9. The predicted octanol–water partition coefficient (Wildman–Crippen LogP) is 4.72. The normalized spacial score (nSPS) is 23.2. The number of nitrogen functional groups attached to an aromatic ring is 1. The average Bonchev–Trinajstić information content (AvgIpc) is 3.56. The van der Waals surface area contributed by atoms with Crippen LogP contribution >= 0.6 is 18.2 Å². The van der Waals surface area contributed by atoms with Gasteiger partial charge in [-0.2, -0.15) is 9.97 Å². The molecule has 1 aliphatic heterocycles. The van der Waals surface area contributed by atoms with Gasteiger partial charge in [-0.25, -0.2) is 14.5 Å². The van der Waals surface area contributed by atoms with Crippen LogP contribution < -0.4 is 20.2 Å². The maximum absolute atomic E-state index is 16.0. The van der Waals surface area contributed by atoms with Gasteiger partial charge in [0, 0.05) is 19.5 Å². The first kappa shape index (κ1) is 36.1. The van der Waals surface area contributed by atoms with Crippen molar-refractivity contribution in [2.75, 3.05) is 43.8 Å². The number of nitrogens with two attached hydrogens (primary N) is 1. The molecule has 1 fully saturated rings. The van der Waals surface area contributed by atoms with Crippen LogP contribution in [-0.4, -0.2) is 87.7 Å². The minimum atomic E-state index is -3.67. The first-order valence-corrected chi connectivity index (χ1v) is 18.3. The van der Waals surface area contributed by atoms with Crippen LogP contribution in [0, 0.1) is 5.41 Å². The predicted molar refractivity (Wildman–Crippen MR) is 186 cm³/mol. The van der Waals surface area contributed by atoms with Crippen molar-refractivity contribution in [1.82, 2.24) is 24.6 Å². The molecule has 1 saturated heterocycles. The number of ether oxygens (including phenoxy) is 2. The van der Waals surface area contributed by atoms with Gasteiger partial charge in [-0.05, 0) is 35.6 Å². The molecule has 0 amide bonds. The van der Waals surface area contributed by atoms with Crippen LogP contribution in [0.1, 0.15) is 33.9 Å². The van der Waals surface area contributed by atoms with Crippen molar-refractivity contribution < 1.29 is 32.8 Å². The number of aliphatic hydroxyl groups is 1. The fourth-order valence-electron chi connectivity index (χ4n) is 5.11. The lowest BCUT2D eigenvalue weighted by Crippen LogP contribution is -2.48. The molecule has 5 rings (SSSR count). The largest absolute Gasteiger partial charge is 0.464 e. The summed E-state index contributed by atoms with van der Waals surface area (Å²) >= 11 is 12.4. The quantitative estimate of drug-likeness (QED) is 0.105. The Balaban J connectivity index is 1.44. The number of benzene rings is 2. The number of halogens is 2. The molecule has 0 aliphatic carbocycles. The lowest BCUT2D eigenvalue weighted by atomic mass is 9.99. The highest BCUT2D eigenvalue weighted by atomic mass is 35.5. The second kappa shape index (κ2) is 14.0. The smallest absolute Gasteiger partial charge is 0.323 e. The van der Waals surface area contributed by atoms with Gasteiger partial charge in [-0.3, -0.25) is 9.36 Å². The Labute approximate surface area is 288 Å². The number of alkyl halides is 2. The van der Waals surface area contributed by atoms with Crippen molar-refractivity contribution in [3.63, 3.8) is 0 Å². The van der Waals surface area contributed by atoms with Gasteiger partial charge in [0.15, 0.2) is 29.4 Å². The van der Waals surface area contributed by atoms with Crippen molar-refractivity contribution >= 4 is 69.7 Å². The molecule has 260 valence electrons. The third-order valence-corrected chi connectivity index (χ3v) is 10.5. The lowest BCUT2D eigenvalue weighted by Gasteiger charge is -2.33. The van der Waals surface area contributed by atoms with Gasteiger partial charge < -0.3 is 34.3 Å². The van der Waals surface area contributed by atoms with Crippen molar-refractivity contribution in [2.24, 2.45) is 5.41 Å². The Bertz CT molecular complexity index is 1840. The number of aliphatic hydroxyl groups excluding tert-OH is 1. The standard InChI is InChI=1S/C31H40ClFN7O6PS/c1-18(28(42)43-15-30(2,3)4)38-47(48,46-21-13-9-11-19-10-7-8-12-20(19)21)44-16-31(14-32)24(41)22(33)27(45-31)40-17-35-23-25(39(5)6)36-29(34)37-26(23)40/h7-13,17-18,22,24,27,41H,14-16H2,1-6H3,(H,38,48)(H2,34,36,37)/t18-,22-,24-,27+,31+,47?/m0/s1. The minimum absolute atomic E-state index is 0.0543. The number of carbonyl (C=O) groups excluding carboxylic acids is 1. The number of fused-ring (bicyclic) bond motifs is 2. The number of aromatic nitrogens is 4. The molecule has 0 saturated carbocycles. The molecule has 13 nitrogen and oxygen atoms in total. The monoisotopic (exact) mass is 723 g/mol. The molecular weight excluding hydrogens is 684 g/mol. The van der Waals surface area contributed by atoms with E-state index in [0.29, 0.717) is 17.1 Å². The number of carbonyl (C=O) groups is 1. The maximum atomic E-state index is 16.0. The molecule has 0 spiro atoms. The zero-order valence-corrected chi connectivity index (χ0v) is 29.9. The van der Waals surface area contributed by atoms with Crippen LogP contribution in [0.2, 0.25) is 0 Å². The molecule has 0 radical (unpaired) electrons. The van der Waals surface area contributed by atoms with Gasteiger partial charge in [0.05, 0.1) is 25.4 Å². The number of rotatable bonds is 12. The highest BCUT2D eigenvalue weighted by Crippen LogP contribution is 2.50. The summed E-state index contributed by atoms with van der Waals surface area (Å²) in [6, 6.07) is 12.0. The molecule has 6 atom stereocenters. The molecule has 1 unspecified atom stereocenters. The number of imidazole rings is 1. The molecule has 4 N–H and O–H groups in total. The third-order valence-electron chi connectivity index (χ3n) is 7.61. The van der Waals surface area contributed by atoms with Gasteiger partial charge >= 0.3 is 12.6 Å². The fourth-order valence-corrected chi connectivity index (χ4v) is 7.85. The van der Waals surface area contributed by atoms with E-state index >= 15 is 4.39 Å². The van der Waals surface area contributed by atoms with Gasteiger partial charge in [-0.1, -0.05) is 57.2 Å². The summed E-state index contributed by atoms with van der Waals surface area (Å²) in [5.74, 6) is -0.189. The van der Waals surface area contributed by atoms with Crippen LogP contribution in [0.15, 0.2) is 48.8 Å². The summed E-state index contributed by atoms with van der Waals surface area (Å²) in [6.07, 6.45) is -3.82. The van der Waals surface area contributed by atoms with Gasteiger partial charge in [0.25, 0.3) is 0 Å². The van der Waals surface area contributed by atoms with Gasteiger partial charge in [0.2, 0.25) is 5.95 Å². The number of nitrogens with zero attached hydrogens (tertiary/aromatic N) is 5. The van der Waals surface area contributed by atoms with E-state index in [1.54, 1.807) is 38.1 Å². The van der Waals surface area contributed by atoms with E-state index in [9.17, 15) is 9.90 Å². The number of hydrogen-bond donors (Lipinski definition) is 3. The Kier molecular flexibility index (Phi) is 10.5. The zero-order chi connectivity index (χ0) is 35.0. The van der Waals surface area contributed by atoms with Crippen molar-refractivity contribution in [1.29, 1.82) is 0 Å². The SMILES string of the molecule is C[C@H](NP(=S)(OC[C@@]1(CCl)O[C@@H](n2cnc3c(N(C)C)nc(N)nc32)[C@@H](F)[C@@H]1O)Oc1cccc2ccccc12)C(=O)OCC(C)(C)C. The highest BCUT2D eigenvalue weighted by molar-refractivity contribution is 8.09. The second-order valence-electron chi connectivity index (χ2n) is 13.1. The Hall–Kier alpha value is -3.17. The van der Waals surface area contributed by atoms with Crippen LogP contribution in [0.4, 0.5) is 16.2 Å². The molecule has 2 aromatic heterocycles. The maximum Gasteiger partial charge on any atom is 0.323 e. The molecule has 17 heteroatoms. The second-order valence-corrected chi connectivity index (χ2v) is 16.5. The first-order chi connectivity index (χ1) is 22.6. The summed E-state index contributed by atoms with van der Waals surface area (Å²) < 4.78 is 41.6. The fraction of sp³-hybridized carbons (Fsp3) is 0.484. The van der Waals surface area contributed by atoms with E-state index < -0.39 is 49.4 Å². The Morgan fingerprint density at radius 3 is 2.67 bits per heavy atom. The lowest BCUT2D eigenvalue weighted by molar-refractivity contribution is -0.148. The molecule has 3 heterocycles. The van der Waals surface area contributed by atoms with Crippen molar-refractivity contribution in [2.45, 2.75) is 57.8 Å². The summed E-state index contributed by atoms with van der Waals surface area (Å²) in [4.78, 5) is 27.5. The van der Waals surface area contributed by atoms with Crippen LogP contribution in [0.3, 0.4) is 0 Å². The van der Waals surface area contributed by atoms with Crippen molar-refractivity contribution in [3.8, 4) is 5.75 Å². The van der Waals surface area contributed by atoms with Gasteiger partial charge in [-0.15, -0.1) is 11.6 Å². The average molecular weight is 724 g/mol. The Morgan fingerprint density at radius 1 is 1.27 bits per heavy atom. The molecule has 48 heavy (non-hydrogen) atoms. The molecule has 2 aromatic carbocycles. The highest BCUT2D eigenvalue weighted by Gasteiger charge is 2.57. The van der Waals surface area contributed by atoms with E-state index in [1.807, 2.05) is 51.1 Å². The summed E-state index contributed by atoms with van der Waals surface area (Å²) in [6.45, 7) is 3.40. The van der Waals surface area contributed by atoms with E-state index in [1.165, 1.54) is 10.9 Å². The van der Waals surface area contributed by atoms with E-state index in [-0.39, 0.29) is 29.5 Å². The van der Waals surface area contributed by atoms with Crippen LogP contribution in [0.25, 0.3) is 21.9 Å². The van der Waals surface area contributed by atoms with E-state index in [0.717, 1.165) is 10.8 Å². The van der Waals surface area contributed by atoms with Gasteiger partial charge in [0.1, 0.15) is 23.5 Å². The van der Waals surface area contributed by atoms with Crippen LogP contribution in [0.5, 0.6) is 5.75 Å². The summed E-state index contributed by atoms with van der Waals surface area (Å²) in [7, 11) is 3.51. The topological polar surface area (TPSA) is 159 Å². The number of nitrogens with one attached hydrogen (secondary N) is 1. The molecular formula is C31H40ClFN7O6PS. The number of anilines is 2. The molecule has 0 bridgehead atoms.